The number of pyridine rings is 2. The smallest absolute Gasteiger partial charge is 0.0937 e. The van der Waals surface area contributed by atoms with Crippen LogP contribution in [0.15, 0.2) is 222 Å². The van der Waals surface area contributed by atoms with Crippen LogP contribution in [-0.2, 0) is 5.41 Å². The largest absolute Gasteiger partial charge is 0.309 e. The van der Waals surface area contributed by atoms with Gasteiger partial charge in [-0.25, -0.2) is 0 Å². The summed E-state index contributed by atoms with van der Waals surface area (Å²) in [6.07, 6.45) is 3.82. The number of nitrogens with zero attached hydrogens (tertiary/aromatic N) is 5. The Morgan fingerprint density at radius 1 is 0.308 bits per heavy atom. The zero-order chi connectivity index (χ0) is 42.4. The van der Waals surface area contributed by atoms with Gasteiger partial charge in [-0.05, 0) is 119 Å². The molecule has 0 bridgehead atoms. The van der Waals surface area contributed by atoms with Crippen molar-refractivity contribution in [1.82, 2.24) is 23.7 Å². The maximum absolute atomic E-state index is 5.09. The second-order valence-electron chi connectivity index (χ2n) is 17.3. The molecule has 5 nitrogen and oxygen atoms in total. The molecule has 13 aromatic rings. The van der Waals surface area contributed by atoms with E-state index in [0.717, 1.165) is 45.1 Å². The lowest BCUT2D eigenvalue weighted by molar-refractivity contribution is 0.717. The molecule has 0 saturated carbocycles. The second-order valence-corrected chi connectivity index (χ2v) is 18.4. The van der Waals surface area contributed by atoms with Crippen LogP contribution >= 0.6 is 11.8 Å². The molecule has 1 aliphatic heterocycles. The minimum atomic E-state index is -0.684. The van der Waals surface area contributed by atoms with Crippen LogP contribution < -0.4 is 0 Å². The van der Waals surface area contributed by atoms with Gasteiger partial charge in [0.2, 0.25) is 0 Å². The lowest BCUT2D eigenvalue weighted by Crippen LogP contribution is -2.32. The Morgan fingerprint density at radius 3 is 1.09 bits per heavy atom. The third-order valence-electron chi connectivity index (χ3n) is 14.2. The van der Waals surface area contributed by atoms with Crippen molar-refractivity contribution in [3.8, 4) is 28.5 Å². The molecule has 6 heterocycles. The fourth-order valence-corrected chi connectivity index (χ4v) is 12.8. The van der Waals surface area contributed by atoms with Gasteiger partial charge in [-0.15, -0.1) is 0 Å². The summed E-state index contributed by atoms with van der Waals surface area (Å²) < 4.78 is 7.31. The molecular weight excluding hydrogens is 811 g/mol. The first kappa shape index (κ1) is 35.3. The van der Waals surface area contributed by atoms with Crippen LogP contribution in [0, 0.1) is 0 Å². The summed E-state index contributed by atoms with van der Waals surface area (Å²) in [4.78, 5) is 12.6. The number of rotatable bonds is 3. The Hall–Kier alpha value is -8.19. The molecule has 6 heteroatoms. The van der Waals surface area contributed by atoms with Crippen molar-refractivity contribution in [2.24, 2.45) is 0 Å². The van der Waals surface area contributed by atoms with Crippen molar-refractivity contribution in [2.45, 2.75) is 15.2 Å². The first-order chi connectivity index (χ1) is 32.3. The molecule has 0 unspecified atom stereocenters. The van der Waals surface area contributed by atoms with Gasteiger partial charge in [0.05, 0.1) is 49.9 Å². The first-order valence-corrected chi connectivity index (χ1v) is 23.0. The van der Waals surface area contributed by atoms with E-state index in [0.29, 0.717) is 0 Å². The fraction of sp³-hybridized carbons (Fsp3) is 0.0169. The van der Waals surface area contributed by atoms with Crippen LogP contribution in [0.2, 0.25) is 0 Å². The zero-order valence-corrected chi connectivity index (χ0v) is 35.7. The summed E-state index contributed by atoms with van der Waals surface area (Å²) in [7, 11) is 0. The highest BCUT2D eigenvalue weighted by Gasteiger charge is 2.52. The highest BCUT2D eigenvalue weighted by atomic mass is 32.2. The van der Waals surface area contributed by atoms with E-state index < -0.39 is 5.41 Å². The number of hydrogen-bond acceptors (Lipinski definition) is 3. The highest BCUT2D eigenvalue weighted by Crippen LogP contribution is 2.62. The molecule has 0 fully saturated rings. The molecular formula is C59H35N5S. The van der Waals surface area contributed by atoms with Gasteiger partial charge in [-0.1, -0.05) is 115 Å². The van der Waals surface area contributed by atoms with Crippen molar-refractivity contribution in [3.63, 3.8) is 0 Å². The molecule has 0 N–H and O–H groups in total. The third-order valence-corrected chi connectivity index (χ3v) is 15.3. The topological polar surface area (TPSA) is 40.6 Å². The number of aromatic nitrogens is 5. The number of para-hydroxylation sites is 5. The Bertz CT molecular complexity index is 4040. The monoisotopic (exact) mass is 845 g/mol. The summed E-state index contributed by atoms with van der Waals surface area (Å²) in [6, 6.07) is 73.8. The molecule has 0 saturated heterocycles. The van der Waals surface area contributed by atoms with Crippen LogP contribution in [0.25, 0.3) is 93.9 Å². The molecule has 1 aliphatic carbocycles. The molecule has 0 radical (unpaired) electrons. The van der Waals surface area contributed by atoms with Gasteiger partial charge in [0.25, 0.3) is 0 Å². The predicted octanol–water partition coefficient (Wildman–Crippen LogP) is 14.6. The Kier molecular flexibility index (Phi) is 7.03. The number of benzene rings is 8. The van der Waals surface area contributed by atoms with E-state index in [1.54, 1.807) is 0 Å². The lowest BCUT2D eigenvalue weighted by Gasteiger charge is -2.39. The van der Waals surface area contributed by atoms with Gasteiger partial charge in [-0.2, -0.15) is 0 Å². The molecule has 0 atom stereocenters. The van der Waals surface area contributed by atoms with Gasteiger partial charge in [0.15, 0.2) is 0 Å². The number of hydrogen-bond donors (Lipinski definition) is 0. The molecule has 8 aromatic carbocycles. The van der Waals surface area contributed by atoms with Crippen LogP contribution in [-0.4, -0.2) is 23.7 Å². The van der Waals surface area contributed by atoms with E-state index in [1.807, 2.05) is 24.2 Å². The van der Waals surface area contributed by atoms with Crippen molar-refractivity contribution < 1.29 is 0 Å². The Labute approximate surface area is 377 Å². The average Bonchev–Trinajstić information content (AvgIpc) is 4.08. The summed E-state index contributed by atoms with van der Waals surface area (Å²) in [5, 5.41) is 7.45. The van der Waals surface area contributed by atoms with Crippen LogP contribution in [0.5, 0.6) is 0 Å². The summed E-state index contributed by atoms with van der Waals surface area (Å²) >= 11 is 1.86. The van der Waals surface area contributed by atoms with Crippen LogP contribution in [0.4, 0.5) is 0 Å². The predicted molar refractivity (Wildman–Crippen MR) is 266 cm³/mol. The quantitative estimate of drug-likeness (QED) is 0.178. The van der Waals surface area contributed by atoms with Gasteiger partial charge in [-0.3, -0.25) is 9.97 Å². The maximum atomic E-state index is 5.09. The Morgan fingerprint density at radius 2 is 0.662 bits per heavy atom. The normalized spacial score (nSPS) is 13.6. The van der Waals surface area contributed by atoms with Gasteiger partial charge >= 0.3 is 0 Å². The molecule has 5 aromatic heterocycles. The van der Waals surface area contributed by atoms with Crippen molar-refractivity contribution >= 4 is 77.2 Å². The van der Waals surface area contributed by atoms with E-state index in [-0.39, 0.29) is 0 Å². The minimum absolute atomic E-state index is 0.684. The van der Waals surface area contributed by atoms with Crippen molar-refractivity contribution in [1.29, 1.82) is 0 Å². The second kappa shape index (κ2) is 12.9. The van der Waals surface area contributed by atoms with E-state index in [2.05, 4.69) is 214 Å². The van der Waals surface area contributed by atoms with Crippen molar-refractivity contribution in [3.05, 3.63) is 235 Å². The molecule has 1 spiro atoms. The summed E-state index contributed by atoms with van der Waals surface area (Å²) in [6.45, 7) is 0. The zero-order valence-electron chi connectivity index (χ0n) is 34.9. The number of fused-ring (bicyclic) bond motifs is 18. The van der Waals surface area contributed by atoms with Crippen LogP contribution in [0.1, 0.15) is 22.3 Å². The summed E-state index contributed by atoms with van der Waals surface area (Å²) in [5.41, 5.74) is 16.5. The minimum Gasteiger partial charge on any atom is -0.309 e. The van der Waals surface area contributed by atoms with E-state index >= 15 is 0 Å². The maximum Gasteiger partial charge on any atom is 0.0937 e. The average molecular weight is 846 g/mol. The van der Waals surface area contributed by atoms with E-state index in [4.69, 9.17) is 9.97 Å². The summed E-state index contributed by atoms with van der Waals surface area (Å²) in [5.74, 6) is 0. The van der Waals surface area contributed by atoms with Crippen LogP contribution in [0.3, 0.4) is 0 Å². The Balaban J connectivity index is 0.993. The standard InChI is InChI=1S/C59H35N5S/c1-6-20-49-39(13-1)40-14-2-7-21-50(40)62(49)36-25-28-54-44(33-36)43-17-5-10-24-53(43)64(54)38-27-30-56-48(35-38)59(45-18-11-31-60-57(45)58-46(59)19-12-32-61-58)47-34-37(26-29-55(47)65-56)63-51-22-8-3-15-41(51)42-16-4-9-23-52(42)63/h1-35H. The SMILES string of the molecule is c1cnc2c(c1)C1(c3cc(-n4c5ccccc5c5ccccc54)ccc3Sc3ccc(-n4c5ccccc5c5cc(-n6c7ccccc7c7ccccc76)ccc54)cc31)c1cccnc1-2. The van der Waals surface area contributed by atoms with Crippen molar-refractivity contribution in [2.75, 3.05) is 0 Å². The lowest BCUT2D eigenvalue weighted by atomic mass is 9.67. The van der Waals surface area contributed by atoms with Gasteiger partial charge < -0.3 is 13.7 Å². The molecule has 2 aliphatic rings. The van der Waals surface area contributed by atoms with Gasteiger partial charge in [0.1, 0.15) is 0 Å². The van der Waals surface area contributed by atoms with Gasteiger partial charge in [0, 0.05) is 71.6 Å². The highest BCUT2D eigenvalue weighted by molar-refractivity contribution is 7.99. The molecule has 302 valence electrons. The molecule has 65 heavy (non-hydrogen) atoms. The third kappa shape index (κ3) is 4.58. The van der Waals surface area contributed by atoms with E-state index in [9.17, 15) is 0 Å². The fourth-order valence-electron chi connectivity index (χ4n) is 11.6. The first-order valence-electron chi connectivity index (χ1n) is 22.1. The molecule has 15 rings (SSSR count). The molecule has 0 amide bonds. The van der Waals surface area contributed by atoms with E-state index in [1.165, 1.54) is 80.8 Å².